The number of benzene rings is 2. The molecule has 0 aromatic heterocycles. The Morgan fingerprint density at radius 3 is 2.52 bits per heavy atom. The van der Waals surface area contributed by atoms with Gasteiger partial charge < -0.3 is 15.1 Å². The Morgan fingerprint density at radius 1 is 1.19 bits per heavy atom. The molecule has 0 spiro atoms. The van der Waals surface area contributed by atoms with Crippen molar-refractivity contribution in [1.82, 2.24) is 0 Å². The molecule has 2 rings (SSSR count). The summed E-state index contributed by atoms with van der Waals surface area (Å²) in [6, 6.07) is 12.8. The van der Waals surface area contributed by atoms with E-state index in [1.807, 2.05) is 13.0 Å². The lowest BCUT2D eigenvalue weighted by Crippen LogP contribution is -2.13. The van der Waals surface area contributed by atoms with Gasteiger partial charge >= 0.3 is 7.60 Å². The van der Waals surface area contributed by atoms with E-state index in [4.69, 9.17) is 0 Å². The van der Waals surface area contributed by atoms with Crippen LogP contribution in [-0.4, -0.2) is 9.79 Å². The van der Waals surface area contributed by atoms with Crippen LogP contribution in [0.4, 0.5) is 10.1 Å². The van der Waals surface area contributed by atoms with Gasteiger partial charge in [-0.15, -0.1) is 0 Å². The van der Waals surface area contributed by atoms with Crippen molar-refractivity contribution in [2.45, 2.75) is 19.1 Å². The Kier molecular flexibility index (Phi) is 4.78. The first-order chi connectivity index (χ1) is 9.91. The summed E-state index contributed by atoms with van der Waals surface area (Å²) in [5, 5.41) is 2.75. The van der Waals surface area contributed by atoms with Crippen LogP contribution in [0.3, 0.4) is 0 Å². The second-order valence-corrected chi connectivity index (χ2v) is 6.41. The first kappa shape index (κ1) is 15.7. The van der Waals surface area contributed by atoms with E-state index in [9.17, 15) is 18.7 Å². The molecule has 1 unspecified atom stereocenters. The zero-order valence-corrected chi connectivity index (χ0v) is 12.4. The molecule has 0 aliphatic rings. The molecule has 0 saturated heterocycles. The van der Waals surface area contributed by atoms with Gasteiger partial charge in [-0.3, -0.25) is 4.57 Å². The quantitative estimate of drug-likeness (QED) is 0.737. The van der Waals surface area contributed by atoms with Crippen molar-refractivity contribution in [3.05, 3.63) is 65.5 Å². The first-order valence-corrected chi connectivity index (χ1v) is 8.25. The van der Waals surface area contributed by atoms with E-state index < -0.39 is 19.2 Å². The molecule has 0 bridgehead atoms. The largest absolute Gasteiger partial charge is 0.368 e. The smallest absolute Gasteiger partial charge is 0.352 e. The highest BCUT2D eigenvalue weighted by molar-refractivity contribution is 7.52. The van der Waals surface area contributed by atoms with E-state index in [2.05, 4.69) is 5.32 Å². The Balaban J connectivity index is 2.38. The summed E-state index contributed by atoms with van der Waals surface area (Å²) in [5.41, 5.74) is 1.52. The number of hydrogen-bond acceptors (Lipinski definition) is 2. The van der Waals surface area contributed by atoms with Gasteiger partial charge in [-0.25, -0.2) is 4.39 Å². The van der Waals surface area contributed by atoms with Crippen LogP contribution >= 0.6 is 7.60 Å². The number of rotatable bonds is 5. The summed E-state index contributed by atoms with van der Waals surface area (Å²) in [4.78, 5) is 19.1. The fourth-order valence-electron chi connectivity index (χ4n) is 2.08. The minimum Gasteiger partial charge on any atom is -0.368 e. The highest BCUT2D eigenvalue weighted by atomic mass is 31.2. The third-order valence-corrected chi connectivity index (χ3v) is 4.25. The van der Waals surface area contributed by atoms with Crippen molar-refractivity contribution in [3.63, 3.8) is 0 Å². The van der Waals surface area contributed by atoms with Crippen LogP contribution in [0.1, 0.15) is 23.8 Å². The summed E-state index contributed by atoms with van der Waals surface area (Å²) in [6.07, 6.45) is 0.801. The molecule has 2 aromatic rings. The summed E-state index contributed by atoms with van der Waals surface area (Å²) < 4.78 is 25.5. The lowest BCUT2D eigenvalue weighted by molar-refractivity contribution is 0.361. The van der Waals surface area contributed by atoms with E-state index in [1.165, 1.54) is 18.2 Å². The number of hydrogen-bond donors (Lipinski definition) is 3. The maximum absolute atomic E-state index is 13.8. The second kappa shape index (κ2) is 6.39. The molecular formula is C15H17FNO3P. The van der Waals surface area contributed by atoms with E-state index in [1.54, 1.807) is 24.3 Å². The molecule has 1 atom stereocenters. The van der Waals surface area contributed by atoms with Crippen molar-refractivity contribution < 1.29 is 18.7 Å². The molecule has 2 aromatic carbocycles. The van der Waals surface area contributed by atoms with Crippen LogP contribution in [0.15, 0.2) is 48.5 Å². The minimum absolute atomic E-state index is 0.0484. The van der Waals surface area contributed by atoms with Crippen LogP contribution < -0.4 is 5.32 Å². The maximum Gasteiger partial charge on any atom is 0.352 e. The third-order valence-electron chi connectivity index (χ3n) is 3.17. The van der Waals surface area contributed by atoms with E-state index in [0.29, 0.717) is 5.69 Å². The van der Waals surface area contributed by atoms with Gasteiger partial charge in [-0.05, 0) is 30.2 Å². The van der Waals surface area contributed by atoms with Crippen LogP contribution in [-0.2, 0) is 11.0 Å². The Hall–Kier alpha value is -1.68. The summed E-state index contributed by atoms with van der Waals surface area (Å²) in [6.45, 7) is 1.98. The number of halogens is 1. The average Bonchev–Trinajstić information content (AvgIpc) is 2.45. The third kappa shape index (κ3) is 3.91. The molecule has 0 fully saturated rings. The molecule has 6 heteroatoms. The summed E-state index contributed by atoms with van der Waals surface area (Å²) >= 11 is 0. The van der Waals surface area contributed by atoms with Crippen molar-refractivity contribution in [3.8, 4) is 0 Å². The van der Waals surface area contributed by atoms with Crippen LogP contribution in [0.5, 0.6) is 0 Å². The monoisotopic (exact) mass is 309 g/mol. The van der Waals surface area contributed by atoms with E-state index in [0.717, 1.165) is 12.0 Å². The second-order valence-electron chi connectivity index (χ2n) is 4.71. The van der Waals surface area contributed by atoms with Crippen molar-refractivity contribution >= 4 is 13.3 Å². The molecule has 112 valence electrons. The SMILES string of the molecule is CCc1cccc(NC(c2ccccc2F)P(=O)(O)O)c1. The molecule has 0 saturated carbocycles. The highest BCUT2D eigenvalue weighted by Crippen LogP contribution is 2.52. The molecule has 0 aliphatic carbocycles. The predicted molar refractivity (Wildman–Crippen MR) is 80.6 cm³/mol. The van der Waals surface area contributed by atoms with Crippen molar-refractivity contribution in [2.24, 2.45) is 0 Å². The van der Waals surface area contributed by atoms with Gasteiger partial charge in [0.2, 0.25) is 0 Å². The van der Waals surface area contributed by atoms with Gasteiger partial charge in [0.25, 0.3) is 0 Å². The normalized spacial score (nSPS) is 13.0. The number of anilines is 1. The highest BCUT2D eigenvalue weighted by Gasteiger charge is 2.32. The molecule has 0 aliphatic heterocycles. The zero-order chi connectivity index (χ0) is 15.5. The van der Waals surface area contributed by atoms with Gasteiger partial charge in [0, 0.05) is 11.3 Å². The van der Waals surface area contributed by atoms with Gasteiger partial charge in [-0.1, -0.05) is 37.3 Å². The molecule has 0 heterocycles. The van der Waals surface area contributed by atoms with Crippen molar-refractivity contribution in [2.75, 3.05) is 5.32 Å². The zero-order valence-electron chi connectivity index (χ0n) is 11.5. The molecule has 3 N–H and O–H groups in total. The first-order valence-electron chi connectivity index (χ1n) is 6.57. The van der Waals surface area contributed by atoms with Crippen molar-refractivity contribution in [1.29, 1.82) is 0 Å². The van der Waals surface area contributed by atoms with Gasteiger partial charge in [0.05, 0.1) is 0 Å². The lowest BCUT2D eigenvalue weighted by atomic mass is 10.1. The molecule has 0 amide bonds. The van der Waals surface area contributed by atoms with Crippen LogP contribution in [0.25, 0.3) is 0 Å². The maximum atomic E-state index is 13.8. The van der Waals surface area contributed by atoms with Crippen LogP contribution in [0, 0.1) is 5.82 Å². The summed E-state index contributed by atoms with van der Waals surface area (Å²) in [7, 11) is -4.56. The topological polar surface area (TPSA) is 69.6 Å². The standard InChI is InChI=1S/C15H17FNO3P/c1-2-11-6-5-7-12(10-11)17-15(21(18,19)20)13-8-3-4-9-14(13)16/h3-10,15,17H,2H2,1H3,(H2,18,19,20). The minimum atomic E-state index is -4.56. The fourth-order valence-corrected chi connectivity index (χ4v) is 2.97. The molecule has 4 nitrogen and oxygen atoms in total. The van der Waals surface area contributed by atoms with Crippen LogP contribution in [0.2, 0.25) is 0 Å². The lowest BCUT2D eigenvalue weighted by Gasteiger charge is -2.22. The van der Waals surface area contributed by atoms with E-state index in [-0.39, 0.29) is 5.56 Å². The fraction of sp³-hybridized carbons (Fsp3) is 0.200. The Labute approximate surface area is 122 Å². The molecule has 21 heavy (non-hydrogen) atoms. The molecular weight excluding hydrogens is 292 g/mol. The Bertz CT molecular complexity index is 671. The van der Waals surface area contributed by atoms with E-state index >= 15 is 0 Å². The van der Waals surface area contributed by atoms with Gasteiger partial charge in [0.1, 0.15) is 5.82 Å². The average molecular weight is 309 g/mol. The van der Waals surface area contributed by atoms with Gasteiger partial charge in [0.15, 0.2) is 5.78 Å². The number of nitrogens with one attached hydrogen (secondary N) is 1. The summed E-state index contributed by atoms with van der Waals surface area (Å²) in [5.74, 6) is -2.06. The Morgan fingerprint density at radius 2 is 1.90 bits per heavy atom. The predicted octanol–water partition coefficient (Wildman–Crippen LogP) is 3.68. The van der Waals surface area contributed by atoms with Gasteiger partial charge in [-0.2, -0.15) is 0 Å². The number of aryl methyl sites for hydroxylation is 1. The molecule has 0 radical (unpaired) electrons.